The van der Waals surface area contributed by atoms with Gasteiger partial charge in [-0.25, -0.2) is 4.79 Å². The van der Waals surface area contributed by atoms with E-state index in [4.69, 9.17) is 16.2 Å². The first-order valence-corrected chi connectivity index (χ1v) is 9.90. The van der Waals surface area contributed by atoms with Crippen molar-refractivity contribution in [1.82, 2.24) is 5.32 Å². The van der Waals surface area contributed by atoms with Gasteiger partial charge in [0.25, 0.3) is 5.91 Å². The molecule has 0 unspecified atom stereocenters. The van der Waals surface area contributed by atoms with Crippen LogP contribution in [0, 0.1) is 0 Å². The number of hydrogen-bond acceptors (Lipinski definition) is 5. The molecule has 9 heteroatoms. The first-order valence-electron chi connectivity index (χ1n) is 9.90. The summed E-state index contributed by atoms with van der Waals surface area (Å²) in [5.74, 6) is -1.44. The smallest absolute Gasteiger partial charge is 0.340 e. The standard InChI is InChI=1S/C22H27N5O4/c1-2-31-21(30)16-11-6-7-12-17(16)26-20(29)18(13-8-14-25-22(23)24)27-19(28)15-9-4-3-5-10-15/h3-7,9-12,18H,2,8,13-14H2,1H3,(H,26,29)(H,27,28)(H4,23,24,25)/t18-/m0/s1. The predicted molar refractivity (Wildman–Crippen MR) is 119 cm³/mol. The van der Waals surface area contributed by atoms with Crippen molar-refractivity contribution in [2.75, 3.05) is 18.5 Å². The van der Waals surface area contributed by atoms with E-state index in [0.717, 1.165) is 0 Å². The molecule has 0 aromatic heterocycles. The molecule has 0 saturated carbocycles. The maximum absolute atomic E-state index is 13.0. The molecule has 0 aliphatic heterocycles. The Labute approximate surface area is 180 Å². The van der Waals surface area contributed by atoms with Crippen molar-refractivity contribution < 1.29 is 19.1 Å². The van der Waals surface area contributed by atoms with Gasteiger partial charge in [-0.1, -0.05) is 30.3 Å². The maximum Gasteiger partial charge on any atom is 0.340 e. The topological polar surface area (TPSA) is 149 Å². The van der Waals surface area contributed by atoms with Crippen LogP contribution in [0.5, 0.6) is 0 Å². The molecule has 0 aliphatic rings. The predicted octanol–water partition coefficient (Wildman–Crippen LogP) is 1.65. The number of benzene rings is 2. The van der Waals surface area contributed by atoms with E-state index in [-0.39, 0.29) is 24.0 Å². The fourth-order valence-electron chi connectivity index (χ4n) is 2.80. The molecular formula is C22H27N5O4. The minimum atomic E-state index is -0.864. The number of amides is 2. The second-order valence-electron chi connectivity index (χ2n) is 6.60. The third-order valence-corrected chi connectivity index (χ3v) is 4.28. The van der Waals surface area contributed by atoms with Crippen LogP contribution in [0.15, 0.2) is 59.6 Å². The summed E-state index contributed by atoms with van der Waals surface area (Å²) in [5.41, 5.74) is 11.6. The molecule has 9 nitrogen and oxygen atoms in total. The Morgan fingerprint density at radius 3 is 2.39 bits per heavy atom. The van der Waals surface area contributed by atoms with Gasteiger partial charge in [0, 0.05) is 12.1 Å². The molecule has 1 atom stereocenters. The summed E-state index contributed by atoms with van der Waals surface area (Å²) >= 11 is 0. The summed E-state index contributed by atoms with van der Waals surface area (Å²) in [4.78, 5) is 41.6. The molecule has 0 bridgehead atoms. The number of nitrogens with one attached hydrogen (secondary N) is 2. The summed E-state index contributed by atoms with van der Waals surface area (Å²) in [7, 11) is 0. The lowest BCUT2D eigenvalue weighted by atomic mass is 10.1. The second kappa shape index (κ2) is 12.0. The van der Waals surface area contributed by atoms with Crippen molar-refractivity contribution in [3.8, 4) is 0 Å². The van der Waals surface area contributed by atoms with Gasteiger partial charge in [-0.3, -0.25) is 14.6 Å². The van der Waals surface area contributed by atoms with E-state index in [2.05, 4.69) is 15.6 Å². The average Bonchev–Trinajstić information content (AvgIpc) is 2.76. The number of anilines is 1. The van der Waals surface area contributed by atoms with E-state index in [0.29, 0.717) is 30.6 Å². The molecule has 0 heterocycles. The van der Waals surface area contributed by atoms with E-state index >= 15 is 0 Å². The number of esters is 1. The largest absolute Gasteiger partial charge is 0.462 e. The normalized spacial score (nSPS) is 11.1. The summed E-state index contributed by atoms with van der Waals surface area (Å²) in [5, 5.41) is 5.45. The molecular weight excluding hydrogens is 398 g/mol. The van der Waals surface area contributed by atoms with Crippen LogP contribution in [-0.4, -0.2) is 42.9 Å². The highest BCUT2D eigenvalue weighted by Crippen LogP contribution is 2.17. The highest BCUT2D eigenvalue weighted by molar-refractivity contribution is 6.04. The highest BCUT2D eigenvalue weighted by Gasteiger charge is 2.23. The van der Waals surface area contributed by atoms with Gasteiger partial charge in [-0.15, -0.1) is 0 Å². The molecule has 0 fully saturated rings. The number of carbonyl (C=O) groups excluding carboxylic acids is 3. The van der Waals surface area contributed by atoms with Crippen molar-refractivity contribution in [2.45, 2.75) is 25.8 Å². The lowest BCUT2D eigenvalue weighted by molar-refractivity contribution is -0.118. The van der Waals surface area contributed by atoms with Crippen LogP contribution in [0.25, 0.3) is 0 Å². The number of nitrogens with zero attached hydrogens (tertiary/aromatic N) is 1. The van der Waals surface area contributed by atoms with Crippen LogP contribution in [0.2, 0.25) is 0 Å². The lowest BCUT2D eigenvalue weighted by Crippen LogP contribution is -2.44. The molecule has 31 heavy (non-hydrogen) atoms. The molecule has 2 rings (SSSR count). The SMILES string of the molecule is CCOC(=O)c1ccccc1NC(=O)[C@H](CCCN=C(N)N)NC(=O)c1ccccc1. The molecule has 2 amide bonds. The Balaban J connectivity index is 2.16. The van der Waals surface area contributed by atoms with Crippen molar-refractivity contribution in [2.24, 2.45) is 16.5 Å². The van der Waals surface area contributed by atoms with Crippen molar-refractivity contribution in [3.63, 3.8) is 0 Å². The van der Waals surface area contributed by atoms with Crippen LogP contribution in [0.1, 0.15) is 40.5 Å². The van der Waals surface area contributed by atoms with Crippen LogP contribution in [0.3, 0.4) is 0 Å². The number of carbonyl (C=O) groups is 3. The Hall–Kier alpha value is -3.88. The minimum Gasteiger partial charge on any atom is -0.462 e. The quantitative estimate of drug-likeness (QED) is 0.197. The van der Waals surface area contributed by atoms with Gasteiger partial charge in [-0.05, 0) is 44.0 Å². The van der Waals surface area contributed by atoms with Gasteiger partial charge in [0.05, 0.1) is 17.9 Å². The number of guanidine groups is 1. The Kier molecular flexibility index (Phi) is 9.03. The monoisotopic (exact) mass is 425 g/mol. The molecule has 0 aliphatic carbocycles. The molecule has 0 saturated heterocycles. The molecule has 2 aromatic rings. The third kappa shape index (κ3) is 7.46. The van der Waals surface area contributed by atoms with Gasteiger partial charge in [0.2, 0.25) is 5.91 Å². The van der Waals surface area contributed by atoms with Gasteiger partial charge in [0.15, 0.2) is 5.96 Å². The Morgan fingerprint density at radius 2 is 1.71 bits per heavy atom. The first-order chi connectivity index (χ1) is 14.9. The maximum atomic E-state index is 13.0. The van der Waals surface area contributed by atoms with Crippen molar-refractivity contribution >= 4 is 29.4 Å². The van der Waals surface area contributed by atoms with Crippen LogP contribution < -0.4 is 22.1 Å². The molecule has 6 N–H and O–H groups in total. The summed E-state index contributed by atoms with van der Waals surface area (Å²) in [6.07, 6.45) is 0.757. The average molecular weight is 425 g/mol. The number of nitrogens with two attached hydrogens (primary N) is 2. The Morgan fingerprint density at radius 1 is 1.03 bits per heavy atom. The molecule has 0 spiro atoms. The molecule has 0 radical (unpaired) electrons. The zero-order valence-electron chi connectivity index (χ0n) is 17.3. The molecule has 2 aromatic carbocycles. The minimum absolute atomic E-state index is 0.0438. The second-order valence-corrected chi connectivity index (χ2v) is 6.60. The van der Waals surface area contributed by atoms with Crippen molar-refractivity contribution in [3.05, 3.63) is 65.7 Å². The van der Waals surface area contributed by atoms with Crippen LogP contribution >= 0.6 is 0 Å². The summed E-state index contributed by atoms with van der Waals surface area (Å²) in [6, 6.07) is 14.2. The van der Waals surface area contributed by atoms with E-state index in [1.54, 1.807) is 61.5 Å². The van der Waals surface area contributed by atoms with E-state index in [1.807, 2.05) is 0 Å². The van der Waals surface area contributed by atoms with Crippen LogP contribution in [-0.2, 0) is 9.53 Å². The summed E-state index contributed by atoms with van der Waals surface area (Å²) < 4.78 is 5.04. The van der Waals surface area contributed by atoms with Gasteiger partial charge in [-0.2, -0.15) is 0 Å². The van der Waals surface area contributed by atoms with Crippen LogP contribution in [0.4, 0.5) is 5.69 Å². The van der Waals surface area contributed by atoms with E-state index in [1.165, 1.54) is 0 Å². The number of rotatable bonds is 10. The molecule has 164 valence electrons. The van der Waals surface area contributed by atoms with E-state index in [9.17, 15) is 14.4 Å². The Bertz CT molecular complexity index is 927. The number of para-hydroxylation sites is 1. The van der Waals surface area contributed by atoms with Gasteiger partial charge in [0.1, 0.15) is 6.04 Å². The van der Waals surface area contributed by atoms with E-state index < -0.39 is 17.9 Å². The zero-order chi connectivity index (χ0) is 22.6. The third-order valence-electron chi connectivity index (χ3n) is 4.28. The number of ether oxygens (including phenoxy) is 1. The fraction of sp³-hybridized carbons (Fsp3) is 0.273. The number of aliphatic imine (C=N–C) groups is 1. The highest BCUT2D eigenvalue weighted by atomic mass is 16.5. The van der Waals surface area contributed by atoms with Gasteiger partial charge >= 0.3 is 5.97 Å². The van der Waals surface area contributed by atoms with Gasteiger partial charge < -0.3 is 26.8 Å². The lowest BCUT2D eigenvalue weighted by Gasteiger charge is -2.19. The summed E-state index contributed by atoms with van der Waals surface area (Å²) in [6.45, 7) is 2.22. The fourth-order valence-corrected chi connectivity index (χ4v) is 2.80. The zero-order valence-corrected chi connectivity index (χ0v) is 17.3. The number of hydrogen-bond donors (Lipinski definition) is 4. The van der Waals surface area contributed by atoms with Crippen molar-refractivity contribution in [1.29, 1.82) is 0 Å². The first kappa shape index (κ1) is 23.4.